The molecule has 140 valence electrons. The molecule has 1 saturated heterocycles. The van der Waals surface area contributed by atoms with Crippen LogP contribution in [-0.2, 0) is 0 Å². The van der Waals surface area contributed by atoms with Gasteiger partial charge in [-0.05, 0) is 56.3 Å². The van der Waals surface area contributed by atoms with Crippen molar-refractivity contribution in [3.8, 4) is 5.75 Å². The smallest absolute Gasteiger partial charge is 0.229 e. The first-order valence-corrected chi connectivity index (χ1v) is 8.91. The summed E-state index contributed by atoms with van der Waals surface area (Å²) in [6, 6.07) is 3.89. The van der Waals surface area contributed by atoms with E-state index in [-0.39, 0.29) is 0 Å². The molecule has 1 aliphatic rings. The summed E-state index contributed by atoms with van der Waals surface area (Å²) < 4.78 is 19.7. The Morgan fingerprint density at radius 1 is 1.31 bits per heavy atom. The first-order valence-electron chi connectivity index (χ1n) is 8.91. The number of ether oxygens (including phenoxy) is 1. The van der Waals surface area contributed by atoms with Crippen molar-refractivity contribution in [1.82, 2.24) is 9.97 Å². The minimum absolute atomic E-state index is 0.341. The molecular weight excluding hydrogens is 333 g/mol. The summed E-state index contributed by atoms with van der Waals surface area (Å²) in [6.45, 7) is 6.22. The fourth-order valence-corrected chi connectivity index (χ4v) is 3.26. The number of nitrogens with two attached hydrogens (primary N) is 1. The van der Waals surface area contributed by atoms with Crippen molar-refractivity contribution in [2.24, 2.45) is 11.7 Å². The molecule has 0 spiro atoms. The van der Waals surface area contributed by atoms with E-state index in [1.165, 1.54) is 6.20 Å². The molecule has 3 rings (SSSR count). The summed E-state index contributed by atoms with van der Waals surface area (Å²) in [4.78, 5) is 10.5. The quantitative estimate of drug-likeness (QED) is 0.854. The lowest BCUT2D eigenvalue weighted by molar-refractivity contribution is 0.409. The fourth-order valence-electron chi connectivity index (χ4n) is 3.26. The van der Waals surface area contributed by atoms with Crippen molar-refractivity contribution in [3.63, 3.8) is 0 Å². The number of benzene rings is 1. The van der Waals surface area contributed by atoms with Crippen molar-refractivity contribution in [1.29, 1.82) is 0 Å². The van der Waals surface area contributed by atoms with Crippen LogP contribution in [0.1, 0.15) is 24.0 Å². The Morgan fingerprint density at radius 2 is 2.04 bits per heavy atom. The number of hydrogen-bond acceptors (Lipinski definition) is 6. The zero-order valence-electron chi connectivity index (χ0n) is 15.6. The van der Waals surface area contributed by atoms with Crippen LogP contribution < -0.4 is 20.7 Å². The molecule has 26 heavy (non-hydrogen) atoms. The zero-order chi connectivity index (χ0) is 18.7. The maximum absolute atomic E-state index is 14.3. The maximum Gasteiger partial charge on any atom is 0.229 e. The van der Waals surface area contributed by atoms with E-state index >= 15 is 0 Å². The normalized spacial score (nSPS) is 15.2. The van der Waals surface area contributed by atoms with Crippen LogP contribution in [0.5, 0.6) is 5.75 Å². The lowest BCUT2D eigenvalue weighted by Gasteiger charge is -2.32. The van der Waals surface area contributed by atoms with Crippen molar-refractivity contribution in [3.05, 3.63) is 35.3 Å². The largest absolute Gasteiger partial charge is 0.496 e. The number of piperidine rings is 1. The summed E-state index contributed by atoms with van der Waals surface area (Å²) in [6.07, 6.45) is 3.13. The van der Waals surface area contributed by atoms with E-state index < -0.39 is 5.82 Å². The van der Waals surface area contributed by atoms with Crippen molar-refractivity contribution in [2.75, 3.05) is 37.0 Å². The molecule has 3 N–H and O–H groups in total. The van der Waals surface area contributed by atoms with Gasteiger partial charge in [0.25, 0.3) is 0 Å². The molecule has 0 aliphatic carbocycles. The Balaban J connectivity index is 1.81. The van der Waals surface area contributed by atoms with Crippen molar-refractivity contribution in [2.45, 2.75) is 26.7 Å². The minimum atomic E-state index is -0.403. The third kappa shape index (κ3) is 3.88. The van der Waals surface area contributed by atoms with Crippen LogP contribution in [0.4, 0.5) is 21.8 Å². The number of aryl methyl sites for hydroxylation is 1. The van der Waals surface area contributed by atoms with E-state index in [0.29, 0.717) is 24.2 Å². The van der Waals surface area contributed by atoms with Crippen LogP contribution in [0.25, 0.3) is 0 Å². The van der Waals surface area contributed by atoms with Crippen LogP contribution in [-0.4, -0.2) is 36.7 Å². The van der Waals surface area contributed by atoms with Crippen molar-refractivity contribution >= 4 is 17.5 Å². The molecule has 0 atom stereocenters. The van der Waals surface area contributed by atoms with E-state index in [9.17, 15) is 4.39 Å². The van der Waals surface area contributed by atoms with Gasteiger partial charge in [-0.3, -0.25) is 0 Å². The first kappa shape index (κ1) is 18.4. The lowest BCUT2D eigenvalue weighted by atomic mass is 9.97. The second-order valence-electron chi connectivity index (χ2n) is 6.78. The highest BCUT2D eigenvalue weighted by Gasteiger charge is 2.22. The van der Waals surface area contributed by atoms with Gasteiger partial charge in [0.05, 0.1) is 13.3 Å². The zero-order valence-corrected chi connectivity index (χ0v) is 15.6. The molecule has 1 fully saturated rings. The Bertz CT molecular complexity index is 775. The van der Waals surface area contributed by atoms with E-state index in [0.717, 1.165) is 48.5 Å². The van der Waals surface area contributed by atoms with Gasteiger partial charge in [-0.1, -0.05) is 0 Å². The number of aromatic nitrogens is 2. The average molecular weight is 359 g/mol. The molecule has 1 aliphatic heterocycles. The monoisotopic (exact) mass is 359 g/mol. The van der Waals surface area contributed by atoms with Gasteiger partial charge in [0.1, 0.15) is 5.75 Å². The topological polar surface area (TPSA) is 76.3 Å². The van der Waals surface area contributed by atoms with Crippen LogP contribution >= 0.6 is 0 Å². The average Bonchev–Trinajstić information content (AvgIpc) is 2.66. The fraction of sp³-hybridized carbons (Fsp3) is 0.474. The summed E-state index contributed by atoms with van der Waals surface area (Å²) in [5.74, 6) is 1.61. The summed E-state index contributed by atoms with van der Waals surface area (Å²) in [7, 11) is 1.64. The molecule has 2 heterocycles. The van der Waals surface area contributed by atoms with Gasteiger partial charge in [-0.15, -0.1) is 0 Å². The van der Waals surface area contributed by atoms with Gasteiger partial charge in [-0.2, -0.15) is 4.98 Å². The minimum Gasteiger partial charge on any atom is -0.496 e. The molecule has 1 aromatic heterocycles. The number of nitrogens with one attached hydrogen (secondary N) is 1. The molecular formula is C19H26FN5O. The second-order valence-corrected chi connectivity index (χ2v) is 6.78. The lowest BCUT2D eigenvalue weighted by Crippen LogP contribution is -2.37. The molecule has 2 aromatic rings. The third-order valence-electron chi connectivity index (χ3n) is 5.07. The molecule has 6 nitrogen and oxygen atoms in total. The van der Waals surface area contributed by atoms with Gasteiger partial charge in [0, 0.05) is 24.8 Å². The van der Waals surface area contributed by atoms with Crippen molar-refractivity contribution < 1.29 is 9.13 Å². The third-order valence-corrected chi connectivity index (χ3v) is 5.07. The predicted octanol–water partition coefficient (Wildman–Crippen LogP) is 3.16. The van der Waals surface area contributed by atoms with E-state index in [1.807, 2.05) is 30.9 Å². The van der Waals surface area contributed by atoms with Crippen LogP contribution in [0.2, 0.25) is 0 Å². The number of methoxy groups -OCH3 is 1. The Labute approximate surface area is 153 Å². The molecule has 7 heteroatoms. The van der Waals surface area contributed by atoms with E-state index in [2.05, 4.69) is 15.3 Å². The highest BCUT2D eigenvalue weighted by atomic mass is 19.1. The molecule has 0 bridgehead atoms. The standard InChI is InChI=1S/C19H26FN5O/c1-12-8-15(9-17(26-3)13(12)2)23-19-22-11-16(20)18(24-19)25-6-4-14(10-21)5-7-25/h8-9,11,14H,4-7,10,21H2,1-3H3,(H,22,23,24). The van der Waals surface area contributed by atoms with Gasteiger partial charge >= 0.3 is 0 Å². The summed E-state index contributed by atoms with van der Waals surface area (Å²) in [5, 5.41) is 3.16. The first-order chi connectivity index (χ1) is 12.5. The SMILES string of the molecule is COc1cc(Nc2ncc(F)c(N3CCC(CN)CC3)n2)cc(C)c1C. The molecule has 0 amide bonds. The maximum atomic E-state index is 14.3. The van der Waals surface area contributed by atoms with Crippen LogP contribution in [0.3, 0.4) is 0 Å². The molecule has 1 aromatic carbocycles. The number of anilines is 3. The van der Waals surface area contributed by atoms with Crippen LogP contribution in [0, 0.1) is 25.6 Å². The van der Waals surface area contributed by atoms with E-state index in [4.69, 9.17) is 10.5 Å². The highest BCUT2D eigenvalue weighted by Crippen LogP contribution is 2.29. The number of hydrogen-bond donors (Lipinski definition) is 2. The molecule has 0 radical (unpaired) electrons. The summed E-state index contributed by atoms with van der Waals surface area (Å²) in [5.41, 5.74) is 8.73. The Morgan fingerprint density at radius 3 is 2.69 bits per heavy atom. The number of rotatable bonds is 5. The van der Waals surface area contributed by atoms with Gasteiger partial charge in [0.15, 0.2) is 11.6 Å². The second kappa shape index (κ2) is 7.86. The predicted molar refractivity (Wildman–Crippen MR) is 102 cm³/mol. The highest BCUT2D eigenvalue weighted by molar-refractivity contribution is 5.61. The van der Waals surface area contributed by atoms with Gasteiger partial charge in [-0.25, -0.2) is 9.37 Å². The van der Waals surface area contributed by atoms with Gasteiger partial charge < -0.3 is 20.7 Å². The Kier molecular flexibility index (Phi) is 5.56. The number of nitrogens with zero attached hydrogens (tertiary/aromatic N) is 3. The molecule has 0 saturated carbocycles. The van der Waals surface area contributed by atoms with E-state index in [1.54, 1.807) is 7.11 Å². The summed E-state index contributed by atoms with van der Waals surface area (Å²) >= 11 is 0. The van der Waals surface area contributed by atoms with Gasteiger partial charge in [0.2, 0.25) is 5.95 Å². The Hall–Kier alpha value is -2.41. The van der Waals surface area contributed by atoms with Crippen LogP contribution in [0.15, 0.2) is 18.3 Å². The molecule has 0 unspecified atom stereocenters. The number of halogens is 1.